The lowest BCUT2D eigenvalue weighted by atomic mass is 9.95. The molecule has 2 aromatic rings. The lowest BCUT2D eigenvalue weighted by Crippen LogP contribution is -2.56. The van der Waals surface area contributed by atoms with E-state index in [1.165, 1.54) is 11.1 Å². The van der Waals surface area contributed by atoms with E-state index in [0.717, 1.165) is 57.3 Å². The maximum Gasteiger partial charge on any atom is 0.239 e. The molecule has 2 aliphatic heterocycles. The van der Waals surface area contributed by atoms with Crippen molar-refractivity contribution < 1.29 is 4.79 Å². The summed E-state index contributed by atoms with van der Waals surface area (Å²) in [6.45, 7) is 4.92. The molecule has 0 bridgehead atoms. The number of benzene rings is 1. The van der Waals surface area contributed by atoms with Crippen molar-refractivity contribution in [1.82, 2.24) is 14.8 Å². The van der Waals surface area contributed by atoms with Gasteiger partial charge in [0.2, 0.25) is 5.91 Å². The normalized spacial score (nSPS) is 22.4. The maximum absolute atomic E-state index is 12.6. The van der Waals surface area contributed by atoms with Crippen molar-refractivity contribution in [3.63, 3.8) is 0 Å². The van der Waals surface area contributed by atoms with Crippen molar-refractivity contribution in [2.45, 2.75) is 57.7 Å². The molecule has 1 N–H and O–H groups in total. The molecule has 0 aliphatic carbocycles. The molecule has 2 aliphatic rings. The largest absolute Gasteiger partial charge is 0.345 e. The summed E-state index contributed by atoms with van der Waals surface area (Å²) in [4.78, 5) is 14.7. The number of aryl methyl sites for hydroxylation is 2. The Morgan fingerprint density at radius 2 is 2.23 bits per heavy atom. The second kappa shape index (κ2) is 7.13. The van der Waals surface area contributed by atoms with Crippen LogP contribution in [0.15, 0.2) is 24.3 Å². The van der Waals surface area contributed by atoms with E-state index in [2.05, 4.69) is 33.8 Å². The van der Waals surface area contributed by atoms with Gasteiger partial charge in [0.05, 0.1) is 17.7 Å². The second-order valence-corrected chi connectivity index (χ2v) is 7.43. The summed E-state index contributed by atoms with van der Waals surface area (Å²) in [5.41, 5.74) is 3.14. The van der Waals surface area contributed by atoms with Gasteiger partial charge in [0.15, 0.2) is 0 Å². The van der Waals surface area contributed by atoms with E-state index in [0.29, 0.717) is 17.5 Å². The topological polar surface area (TPSA) is 61.1 Å². The fourth-order valence-electron chi connectivity index (χ4n) is 4.40. The summed E-state index contributed by atoms with van der Waals surface area (Å²) in [5.74, 6) is 0.299. The van der Waals surface area contributed by atoms with E-state index >= 15 is 0 Å². The average Bonchev–Trinajstić information content (AvgIpc) is 3.27. The third-order valence-electron chi connectivity index (χ3n) is 5.95. The first kappa shape index (κ1) is 17.1. The van der Waals surface area contributed by atoms with E-state index in [1.54, 1.807) is 0 Å². The van der Waals surface area contributed by atoms with Crippen molar-refractivity contribution in [3.05, 3.63) is 35.5 Å². The predicted molar refractivity (Wildman–Crippen MR) is 102 cm³/mol. The Balaban J connectivity index is 1.46. The molecule has 0 radical (unpaired) electrons. The number of amides is 1. The average molecular weight is 350 g/mol. The van der Waals surface area contributed by atoms with Crippen molar-refractivity contribution in [3.8, 4) is 6.07 Å². The molecule has 0 saturated carbocycles. The molecule has 3 heterocycles. The minimum absolute atomic E-state index is 0.0456. The lowest BCUT2D eigenvalue weighted by molar-refractivity contribution is -0.141. The molecule has 4 rings (SSSR count). The standard InChI is InChI=1S/C21H26N4O/c1-2-24-18(13-16-6-5-15(14-22)12-20(16)24)8-7-17-9-11-25(17)21(26)19-4-3-10-23-19/h5-6,12-13,17,19,23H,2-4,7-11H2,1H3. The predicted octanol–water partition coefficient (Wildman–Crippen LogP) is 2.82. The van der Waals surface area contributed by atoms with Gasteiger partial charge in [-0.1, -0.05) is 6.07 Å². The van der Waals surface area contributed by atoms with Gasteiger partial charge in [-0.05, 0) is 69.2 Å². The zero-order chi connectivity index (χ0) is 18.1. The highest BCUT2D eigenvalue weighted by Gasteiger charge is 2.36. The number of nitrogens with zero attached hydrogens (tertiary/aromatic N) is 3. The molecule has 2 fully saturated rings. The zero-order valence-corrected chi connectivity index (χ0v) is 15.4. The Morgan fingerprint density at radius 3 is 2.88 bits per heavy atom. The number of carbonyl (C=O) groups excluding carboxylic acids is 1. The molecule has 1 amide bonds. The lowest BCUT2D eigenvalue weighted by Gasteiger charge is -2.42. The van der Waals surface area contributed by atoms with Crippen molar-refractivity contribution >= 4 is 16.8 Å². The summed E-state index contributed by atoms with van der Waals surface area (Å²) in [6.07, 6.45) is 5.18. The highest BCUT2D eigenvalue weighted by molar-refractivity contribution is 5.83. The van der Waals surface area contributed by atoms with Crippen LogP contribution in [-0.2, 0) is 17.8 Å². The first-order valence-electron chi connectivity index (χ1n) is 9.77. The summed E-state index contributed by atoms with van der Waals surface area (Å²) in [5, 5.41) is 13.7. The Morgan fingerprint density at radius 1 is 1.35 bits per heavy atom. The number of rotatable bonds is 5. The Hall–Kier alpha value is -2.32. The van der Waals surface area contributed by atoms with Gasteiger partial charge in [-0.3, -0.25) is 4.79 Å². The van der Waals surface area contributed by atoms with Crippen LogP contribution in [-0.4, -0.2) is 40.5 Å². The molecule has 5 heteroatoms. The molecule has 1 aromatic carbocycles. The molecule has 0 spiro atoms. The van der Waals surface area contributed by atoms with Crippen molar-refractivity contribution in [2.75, 3.05) is 13.1 Å². The molecule has 1 aromatic heterocycles. The highest BCUT2D eigenvalue weighted by Crippen LogP contribution is 2.27. The van der Waals surface area contributed by atoms with Gasteiger partial charge >= 0.3 is 0 Å². The second-order valence-electron chi connectivity index (χ2n) is 7.43. The minimum atomic E-state index is 0.0456. The van der Waals surface area contributed by atoms with Crippen LogP contribution in [0.25, 0.3) is 10.9 Å². The van der Waals surface area contributed by atoms with Crippen molar-refractivity contribution in [1.29, 1.82) is 5.26 Å². The molecule has 2 saturated heterocycles. The smallest absolute Gasteiger partial charge is 0.239 e. The van der Waals surface area contributed by atoms with Crippen LogP contribution in [0.4, 0.5) is 0 Å². The fourth-order valence-corrected chi connectivity index (χ4v) is 4.40. The third kappa shape index (κ3) is 2.99. The summed E-state index contributed by atoms with van der Waals surface area (Å²) in [7, 11) is 0. The molecule has 2 unspecified atom stereocenters. The molecule has 2 atom stereocenters. The summed E-state index contributed by atoms with van der Waals surface area (Å²) in [6, 6.07) is 10.8. The van der Waals surface area contributed by atoms with Gasteiger partial charge in [-0.2, -0.15) is 5.26 Å². The van der Waals surface area contributed by atoms with E-state index in [-0.39, 0.29) is 6.04 Å². The highest BCUT2D eigenvalue weighted by atomic mass is 16.2. The zero-order valence-electron chi connectivity index (χ0n) is 15.4. The van der Waals surface area contributed by atoms with Gasteiger partial charge in [0.1, 0.15) is 0 Å². The Labute approximate surface area is 154 Å². The first-order valence-corrected chi connectivity index (χ1v) is 9.77. The van der Waals surface area contributed by atoms with Gasteiger partial charge in [0, 0.05) is 30.3 Å². The third-order valence-corrected chi connectivity index (χ3v) is 5.95. The van der Waals surface area contributed by atoms with Gasteiger partial charge in [-0.15, -0.1) is 0 Å². The molecule has 136 valence electrons. The van der Waals surface area contributed by atoms with Crippen LogP contribution in [0.3, 0.4) is 0 Å². The fraction of sp³-hybridized carbons (Fsp3) is 0.524. The minimum Gasteiger partial charge on any atom is -0.345 e. The van der Waals surface area contributed by atoms with E-state index < -0.39 is 0 Å². The van der Waals surface area contributed by atoms with Crippen LogP contribution in [0.1, 0.15) is 43.9 Å². The quantitative estimate of drug-likeness (QED) is 0.902. The maximum atomic E-state index is 12.6. The number of hydrogen-bond donors (Lipinski definition) is 1. The van der Waals surface area contributed by atoms with Crippen LogP contribution in [0.2, 0.25) is 0 Å². The number of likely N-dealkylation sites (tertiary alicyclic amines) is 1. The number of aromatic nitrogens is 1. The van der Waals surface area contributed by atoms with Crippen LogP contribution >= 0.6 is 0 Å². The van der Waals surface area contributed by atoms with Crippen LogP contribution < -0.4 is 5.32 Å². The molecule has 5 nitrogen and oxygen atoms in total. The molecular weight excluding hydrogens is 324 g/mol. The number of nitrogens with one attached hydrogen (secondary N) is 1. The van der Waals surface area contributed by atoms with Crippen LogP contribution in [0, 0.1) is 11.3 Å². The van der Waals surface area contributed by atoms with E-state index in [9.17, 15) is 4.79 Å². The Kier molecular flexibility index (Phi) is 4.69. The Bertz CT molecular complexity index is 857. The van der Waals surface area contributed by atoms with Gasteiger partial charge < -0.3 is 14.8 Å². The summed E-state index contributed by atoms with van der Waals surface area (Å²) < 4.78 is 2.31. The summed E-state index contributed by atoms with van der Waals surface area (Å²) >= 11 is 0. The molecular formula is C21H26N4O. The van der Waals surface area contributed by atoms with Gasteiger partial charge in [0.25, 0.3) is 0 Å². The van der Waals surface area contributed by atoms with E-state index in [4.69, 9.17) is 5.26 Å². The monoisotopic (exact) mass is 350 g/mol. The first-order chi connectivity index (χ1) is 12.7. The van der Waals surface area contributed by atoms with E-state index in [1.807, 2.05) is 18.2 Å². The van der Waals surface area contributed by atoms with Gasteiger partial charge in [-0.25, -0.2) is 0 Å². The number of hydrogen-bond acceptors (Lipinski definition) is 3. The van der Waals surface area contributed by atoms with Crippen molar-refractivity contribution in [2.24, 2.45) is 0 Å². The number of nitriles is 1. The SMILES string of the molecule is CCn1c(CCC2CCN2C(=O)C2CCCN2)cc2ccc(C#N)cc21. The number of carbonyl (C=O) groups is 1. The van der Waals surface area contributed by atoms with Crippen LogP contribution in [0.5, 0.6) is 0 Å². The number of fused-ring (bicyclic) bond motifs is 1. The molecule has 26 heavy (non-hydrogen) atoms.